The van der Waals surface area contributed by atoms with Gasteiger partial charge < -0.3 is 10.4 Å². The Hall–Kier alpha value is -2.38. The second-order valence-electron chi connectivity index (χ2n) is 7.21. The summed E-state index contributed by atoms with van der Waals surface area (Å²) >= 11 is 12.1. The van der Waals surface area contributed by atoms with Crippen molar-refractivity contribution in [2.24, 2.45) is 7.05 Å². The number of nitrogens with zero attached hydrogens (tertiary/aromatic N) is 4. The van der Waals surface area contributed by atoms with E-state index < -0.39 is 5.97 Å². The minimum absolute atomic E-state index is 0.151. The molecule has 7 nitrogen and oxygen atoms in total. The minimum Gasteiger partial charge on any atom is -0.481 e. The summed E-state index contributed by atoms with van der Waals surface area (Å²) in [5.74, 6) is 0.611. The van der Waals surface area contributed by atoms with E-state index in [1.54, 1.807) is 6.07 Å². The Kier molecular flexibility index (Phi) is 7.50. The van der Waals surface area contributed by atoms with Gasteiger partial charge in [0.15, 0.2) is 5.82 Å². The Morgan fingerprint density at radius 1 is 1.17 bits per heavy atom. The van der Waals surface area contributed by atoms with Crippen molar-refractivity contribution < 1.29 is 9.90 Å². The molecule has 9 heteroatoms. The summed E-state index contributed by atoms with van der Waals surface area (Å²) < 4.78 is 1.81. The minimum atomic E-state index is -0.784. The van der Waals surface area contributed by atoms with Crippen molar-refractivity contribution in [3.8, 4) is 0 Å². The fourth-order valence-corrected chi connectivity index (χ4v) is 3.64. The normalized spacial score (nSPS) is 11.2. The number of carbonyl (C=O) groups is 1. The molecule has 0 unspecified atom stereocenters. The van der Waals surface area contributed by atoms with Crippen molar-refractivity contribution >= 4 is 46.0 Å². The van der Waals surface area contributed by atoms with Crippen LogP contribution in [0.1, 0.15) is 49.7 Å². The topological polar surface area (TPSA) is 92.9 Å². The smallest absolute Gasteiger partial charge is 0.303 e. The molecule has 160 valence electrons. The van der Waals surface area contributed by atoms with Crippen LogP contribution in [0.15, 0.2) is 18.2 Å². The Morgan fingerprint density at radius 3 is 2.67 bits per heavy atom. The molecule has 0 atom stereocenters. The Morgan fingerprint density at radius 2 is 1.97 bits per heavy atom. The number of carboxylic acid groups (broad SMARTS) is 1. The van der Waals surface area contributed by atoms with Crippen molar-refractivity contribution in [1.29, 1.82) is 0 Å². The highest BCUT2D eigenvalue weighted by Gasteiger charge is 2.17. The number of nitrogens with one attached hydrogen (secondary N) is 1. The summed E-state index contributed by atoms with van der Waals surface area (Å²) in [6, 6.07) is 5.51. The monoisotopic (exact) mass is 449 g/mol. The van der Waals surface area contributed by atoms with E-state index in [-0.39, 0.29) is 6.42 Å². The number of fused-ring (bicyclic) bond motifs is 1. The summed E-state index contributed by atoms with van der Waals surface area (Å²) in [5.41, 5.74) is 3.63. The van der Waals surface area contributed by atoms with E-state index in [1.165, 1.54) is 0 Å². The van der Waals surface area contributed by atoms with E-state index in [4.69, 9.17) is 38.3 Å². The number of carboxylic acids is 1. The first-order valence-electron chi connectivity index (χ1n) is 10.0. The average molecular weight is 450 g/mol. The molecule has 0 aliphatic rings. The zero-order valence-corrected chi connectivity index (χ0v) is 18.6. The van der Waals surface area contributed by atoms with Crippen molar-refractivity contribution in [3.63, 3.8) is 0 Å². The first-order valence-corrected chi connectivity index (χ1v) is 10.8. The molecule has 3 rings (SSSR count). The average Bonchev–Trinajstić information content (AvgIpc) is 3.02. The van der Waals surface area contributed by atoms with Crippen LogP contribution in [0.3, 0.4) is 0 Å². The lowest BCUT2D eigenvalue weighted by Crippen LogP contribution is -2.07. The molecule has 2 N–H and O–H groups in total. The van der Waals surface area contributed by atoms with Gasteiger partial charge in [-0.1, -0.05) is 42.6 Å². The number of aryl methyl sites for hydroxylation is 3. The molecular weight excluding hydrogens is 425 g/mol. The molecule has 2 aromatic heterocycles. The molecule has 0 radical (unpaired) electrons. The molecule has 0 bridgehead atoms. The van der Waals surface area contributed by atoms with Gasteiger partial charge in [0.05, 0.1) is 15.7 Å². The van der Waals surface area contributed by atoms with Crippen LogP contribution >= 0.6 is 23.2 Å². The lowest BCUT2D eigenvalue weighted by atomic mass is 10.1. The second kappa shape index (κ2) is 10.1. The molecule has 0 fully saturated rings. The quantitative estimate of drug-likeness (QED) is 0.421. The van der Waals surface area contributed by atoms with Gasteiger partial charge in [-0.2, -0.15) is 5.10 Å². The highest BCUT2D eigenvalue weighted by molar-refractivity contribution is 6.42. The van der Waals surface area contributed by atoms with Gasteiger partial charge in [0, 0.05) is 26.4 Å². The molecule has 0 saturated heterocycles. The van der Waals surface area contributed by atoms with Gasteiger partial charge in [-0.15, -0.1) is 0 Å². The lowest BCUT2D eigenvalue weighted by Gasteiger charge is -2.11. The van der Waals surface area contributed by atoms with E-state index in [9.17, 15) is 4.79 Å². The predicted octanol–water partition coefficient (Wildman–Crippen LogP) is 5.03. The van der Waals surface area contributed by atoms with Crippen molar-refractivity contribution in [2.45, 2.75) is 52.0 Å². The number of rotatable bonds is 10. The highest BCUT2D eigenvalue weighted by Crippen LogP contribution is 2.26. The van der Waals surface area contributed by atoms with Crippen molar-refractivity contribution in [1.82, 2.24) is 19.7 Å². The molecule has 2 heterocycles. The number of anilines is 1. The van der Waals surface area contributed by atoms with Crippen LogP contribution in [0.25, 0.3) is 11.0 Å². The van der Waals surface area contributed by atoms with Crippen LogP contribution in [0.5, 0.6) is 0 Å². The van der Waals surface area contributed by atoms with Crippen LogP contribution in [0, 0.1) is 0 Å². The fraction of sp³-hybridized carbons (Fsp3) is 0.429. The largest absolute Gasteiger partial charge is 0.481 e. The SMILES string of the molecule is CCCc1nn(C)c2c(NCc3ccc(Cl)c(Cl)c3)nc(CCCCC(=O)O)nc12. The molecule has 0 aliphatic carbocycles. The maximum atomic E-state index is 10.8. The van der Waals surface area contributed by atoms with E-state index >= 15 is 0 Å². The van der Waals surface area contributed by atoms with Crippen LogP contribution in [-0.2, 0) is 31.2 Å². The zero-order chi connectivity index (χ0) is 21.7. The molecule has 1 aromatic carbocycles. The first-order chi connectivity index (χ1) is 14.4. The van der Waals surface area contributed by atoms with Crippen LogP contribution < -0.4 is 5.32 Å². The van der Waals surface area contributed by atoms with Gasteiger partial charge in [-0.25, -0.2) is 9.97 Å². The lowest BCUT2D eigenvalue weighted by molar-refractivity contribution is -0.137. The second-order valence-corrected chi connectivity index (χ2v) is 8.02. The van der Waals surface area contributed by atoms with Gasteiger partial charge in [0.1, 0.15) is 16.9 Å². The Balaban J connectivity index is 1.89. The summed E-state index contributed by atoms with van der Waals surface area (Å²) in [6.45, 7) is 2.63. The van der Waals surface area contributed by atoms with Gasteiger partial charge in [-0.3, -0.25) is 9.48 Å². The molecule has 3 aromatic rings. The van der Waals surface area contributed by atoms with Crippen LogP contribution in [-0.4, -0.2) is 30.8 Å². The third-order valence-corrected chi connectivity index (χ3v) is 5.51. The van der Waals surface area contributed by atoms with Gasteiger partial charge in [0.25, 0.3) is 0 Å². The van der Waals surface area contributed by atoms with Crippen LogP contribution in [0.4, 0.5) is 5.82 Å². The third-order valence-electron chi connectivity index (χ3n) is 4.77. The number of hydrogen-bond donors (Lipinski definition) is 2. The molecular formula is C21H25Cl2N5O2. The summed E-state index contributed by atoms with van der Waals surface area (Å²) in [6.07, 6.45) is 3.88. The summed E-state index contributed by atoms with van der Waals surface area (Å²) in [5, 5.41) is 17.9. The number of aromatic nitrogens is 4. The fourth-order valence-electron chi connectivity index (χ4n) is 3.32. The van der Waals surface area contributed by atoms with E-state index in [0.29, 0.717) is 47.5 Å². The highest BCUT2D eigenvalue weighted by atomic mass is 35.5. The zero-order valence-electron chi connectivity index (χ0n) is 17.1. The van der Waals surface area contributed by atoms with E-state index in [2.05, 4.69) is 17.3 Å². The molecule has 0 amide bonds. The molecule has 0 saturated carbocycles. The van der Waals surface area contributed by atoms with Gasteiger partial charge in [0.2, 0.25) is 0 Å². The number of aliphatic carboxylic acids is 1. The van der Waals surface area contributed by atoms with E-state index in [1.807, 2.05) is 23.9 Å². The Labute approximate surface area is 185 Å². The van der Waals surface area contributed by atoms with Crippen LogP contribution in [0.2, 0.25) is 10.0 Å². The van der Waals surface area contributed by atoms with Crippen molar-refractivity contribution in [2.75, 3.05) is 5.32 Å². The van der Waals surface area contributed by atoms with E-state index in [0.717, 1.165) is 35.1 Å². The molecule has 30 heavy (non-hydrogen) atoms. The number of unbranched alkanes of at least 4 members (excludes halogenated alkanes) is 1. The van der Waals surface area contributed by atoms with Crippen molar-refractivity contribution in [3.05, 3.63) is 45.3 Å². The Bertz CT molecular complexity index is 1050. The maximum absolute atomic E-state index is 10.8. The molecule has 0 aliphatic heterocycles. The summed E-state index contributed by atoms with van der Waals surface area (Å²) in [4.78, 5) is 20.2. The van der Waals surface area contributed by atoms with Gasteiger partial charge >= 0.3 is 5.97 Å². The number of benzene rings is 1. The summed E-state index contributed by atoms with van der Waals surface area (Å²) in [7, 11) is 1.89. The predicted molar refractivity (Wildman–Crippen MR) is 119 cm³/mol. The maximum Gasteiger partial charge on any atom is 0.303 e. The first kappa shape index (κ1) is 22.3. The van der Waals surface area contributed by atoms with Gasteiger partial charge in [-0.05, 0) is 37.0 Å². The third kappa shape index (κ3) is 5.40. The molecule has 0 spiro atoms. The number of halogens is 2. The standard InChI is InChI=1S/C21H25Cl2N5O2/c1-3-6-16-19-20(28(2)27-16)21(24-12-13-9-10-14(22)15(23)11-13)26-17(25-19)7-4-5-8-18(29)30/h9-11H,3-8,12H2,1-2H3,(H,29,30)(H,24,25,26). The number of hydrogen-bond acceptors (Lipinski definition) is 5.